The molecule has 1 aliphatic carbocycles. The number of hydrogen-bond donors (Lipinski definition) is 2. The van der Waals surface area contributed by atoms with Gasteiger partial charge in [0.1, 0.15) is 5.69 Å². The lowest BCUT2D eigenvalue weighted by molar-refractivity contribution is -0.312. The van der Waals surface area contributed by atoms with E-state index in [9.17, 15) is 23.1 Å². The molecule has 1 aromatic carbocycles. The minimum atomic E-state index is -5.07. The lowest BCUT2D eigenvalue weighted by Gasteiger charge is -2.37. The van der Waals surface area contributed by atoms with Crippen molar-refractivity contribution in [2.45, 2.75) is 37.6 Å². The smallest absolute Gasteiger partial charge is 0.439 e. The van der Waals surface area contributed by atoms with Gasteiger partial charge in [-0.25, -0.2) is 0 Å². The Bertz CT molecular complexity index is 1040. The van der Waals surface area contributed by atoms with Crippen molar-refractivity contribution in [3.05, 3.63) is 30.0 Å². The Morgan fingerprint density at radius 3 is 2.65 bits per heavy atom. The number of fused-ring (bicyclic) bond motifs is 1. The molecule has 0 radical (unpaired) electrons. The lowest BCUT2D eigenvalue weighted by atomic mass is 9.80. The second kappa shape index (κ2) is 7.56. The van der Waals surface area contributed by atoms with E-state index in [1.807, 2.05) is 0 Å². The van der Waals surface area contributed by atoms with Gasteiger partial charge in [0.15, 0.2) is 11.5 Å². The summed E-state index contributed by atoms with van der Waals surface area (Å²) in [6.45, 7) is 0. The van der Waals surface area contributed by atoms with Crippen LogP contribution in [0.5, 0.6) is 11.5 Å². The molecule has 2 aromatic rings. The Hall–Kier alpha value is -3.08. The number of alkyl halides is 3. The molecule has 4 rings (SSSR count). The highest BCUT2D eigenvalue weighted by Gasteiger charge is 2.68. The highest BCUT2D eigenvalue weighted by atomic mass is 19.4. The Balaban J connectivity index is 1.67. The zero-order valence-corrected chi connectivity index (χ0v) is 16.9. The minimum absolute atomic E-state index is 0.110. The molecule has 31 heavy (non-hydrogen) atoms. The van der Waals surface area contributed by atoms with Gasteiger partial charge in [-0.3, -0.25) is 9.89 Å². The second-order valence-corrected chi connectivity index (χ2v) is 7.47. The molecule has 2 aliphatic rings. The number of nitrogens with one attached hydrogen (secondary N) is 1. The fourth-order valence-corrected chi connectivity index (χ4v) is 4.11. The van der Waals surface area contributed by atoms with Crippen molar-refractivity contribution in [2.24, 2.45) is 11.0 Å². The SMILES string of the molecule is COc1ccc(-c2cc(C(=O)N3N=C4CCCC[C@H]4[C@]3(O)C(F)(F)F)[nH]n2)cc1OC. The highest BCUT2D eigenvalue weighted by Crippen LogP contribution is 2.48. The number of rotatable bonds is 4. The molecule has 2 atom stereocenters. The van der Waals surface area contributed by atoms with E-state index in [2.05, 4.69) is 15.3 Å². The third kappa shape index (κ3) is 3.32. The van der Waals surface area contributed by atoms with Crippen molar-refractivity contribution < 1.29 is 32.5 Å². The van der Waals surface area contributed by atoms with Crippen molar-refractivity contribution in [1.82, 2.24) is 15.2 Å². The monoisotopic (exact) mass is 438 g/mol. The van der Waals surface area contributed by atoms with Gasteiger partial charge in [0, 0.05) is 11.3 Å². The fourth-order valence-electron chi connectivity index (χ4n) is 4.11. The number of carbonyl (C=O) groups is 1. The number of benzene rings is 1. The van der Waals surface area contributed by atoms with Gasteiger partial charge in [0.05, 0.1) is 25.8 Å². The number of carbonyl (C=O) groups excluding carboxylic acids is 1. The zero-order valence-electron chi connectivity index (χ0n) is 16.9. The third-order valence-electron chi connectivity index (χ3n) is 5.71. The van der Waals surface area contributed by atoms with Crippen molar-refractivity contribution in [3.63, 3.8) is 0 Å². The van der Waals surface area contributed by atoms with E-state index >= 15 is 0 Å². The number of amides is 1. The van der Waals surface area contributed by atoms with Crippen molar-refractivity contribution >= 4 is 11.6 Å². The fraction of sp³-hybridized carbons (Fsp3) is 0.450. The predicted molar refractivity (Wildman–Crippen MR) is 104 cm³/mol. The van der Waals surface area contributed by atoms with Crippen LogP contribution in [0.1, 0.15) is 36.2 Å². The summed E-state index contributed by atoms with van der Waals surface area (Å²) in [4.78, 5) is 13.0. The van der Waals surface area contributed by atoms with Crippen LogP contribution in [0.4, 0.5) is 13.2 Å². The third-order valence-corrected chi connectivity index (χ3v) is 5.71. The van der Waals surface area contributed by atoms with E-state index in [1.165, 1.54) is 20.3 Å². The van der Waals surface area contributed by atoms with Crippen LogP contribution in [0.2, 0.25) is 0 Å². The number of H-pyrrole nitrogens is 1. The Morgan fingerprint density at radius 1 is 1.23 bits per heavy atom. The van der Waals surface area contributed by atoms with Crippen LogP contribution in [-0.2, 0) is 0 Å². The predicted octanol–water partition coefficient (Wildman–Crippen LogP) is 3.35. The number of ether oxygens (including phenoxy) is 2. The highest BCUT2D eigenvalue weighted by molar-refractivity contribution is 5.99. The summed E-state index contributed by atoms with van der Waals surface area (Å²) in [7, 11) is 2.95. The maximum atomic E-state index is 13.9. The van der Waals surface area contributed by atoms with Gasteiger partial charge in [-0.2, -0.15) is 28.4 Å². The van der Waals surface area contributed by atoms with Crippen LogP contribution < -0.4 is 9.47 Å². The number of aliphatic hydroxyl groups is 1. The van der Waals surface area contributed by atoms with Gasteiger partial charge in [0.25, 0.3) is 11.6 Å². The topological polar surface area (TPSA) is 100 Å². The maximum absolute atomic E-state index is 13.9. The quantitative estimate of drug-likeness (QED) is 0.763. The summed E-state index contributed by atoms with van der Waals surface area (Å²) in [6, 6.07) is 6.24. The first-order valence-corrected chi connectivity index (χ1v) is 9.69. The molecular weight excluding hydrogens is 417 g/mol. The molecule has 1 amide bonds. The number of aromatic nitrogens is 2. The van der Waals surface area contributed by atoms with E-state index in [1.54, 1.807) is 18.2 Å². The average molecular weight is 438 g/mol. The van der Waals surface area contributed by atoms with E-state index in [4.69, 9.17) is 9.47 Å². The van der Waals surface area contributed by atoms with E-state index in [0.717, 1.165) is 0 Å². The second-order valence-electron chi connectivity index (χ2n) is 7.47. The molecule has 11 heteroatoms. The molecule has 1 saturated carbocycles. The molecule has 2 heterocycles. The van der Waals surface area contributed by atoms with Gasteiger partial charge in [-0.1, -0.05) is 6.42 Å². The molecule has 0 spiro atoms. The Kier molecular flexibility index (Phi) is 5.16. The van der Waals surface area contributed by atoms with Crippen LogP contribution >= 0.6 is 0 Å². The van der Waals surface area contributed by atoms with Gasteiger partial charge in [-0.15, -0.1) is 0 Å². The first kappa shape index (κ1) is 21.2. The van der Waals surface area contributed by atoms with Crippen LogP contribution in [0.25, 0.3) is 11.3 Å². The number of hydrogen-bond acceptors (Lipinski definition) is 6. The number of nitrogens with zero attached hydrogens (tertiary/aromatic N) is 3. The summed E-state index contributed by atoms with van der Waals surface area (Å²) >= 11 is 0. The maximum Gasteiger partial charge on any atom is 0.439 e. The average Bonchev–Trinajstić information content (AvgIpc) is 3.37. The summed E-state index contributed by atoms with van der Waals surface area (Å²) in [5, 5.41) is 21.2. The van der Waals surface area contributed by atoms with E-state index in [-0.39, 0.29) is 22.8 Å². The normalized spacial score (nSPS) is 23.4. The lowest BCUT2D eigenvalue weighted by Crippen LogP contribution is -2.61. The number of methoxy groups -OCH3 is 2. The molecule has 0 bridgehead atoms. The molecule has 166 valence electrons. The van der Waals surface area contributed by atoms with E-state index < -0.39 is 23.7 Å². The Labute approximate surface area is 175 Å². The summed E-state index contributed by atoms with van der Waals surface area (Å²) < 4.78 is 52.1. The standard InChI is InChI=1S/C20H21F3N4O4/c1-30-16-8-7-11(9-17(16)31-2)14-10-15(25-24-14)18(28)27-19(29,20(21,22)23)12-5-3-4-6-13(12)26-27/h7-10,12,29H,3-6H2,1-2H3,(H,24,25)/t12-,19+/m1/s1. The number of halogens is 3. The first-order chi connectivity index (χ1) is 14.7. The molecule has 8 nitrogen and oxygen atoms in total. The van der Waals surface area contributed by atoms with Crippen LogP contribution in [-0.4, -0.2) is 58.1 Å². The molecule has 2 N–H and O–H groups in total. The van der Waals surface area contributed by atoms with Gasteiger partial charge in [-0.05, 0) is 43.5 Å². The van der Waals surface area contributed by atoms with Crippen molar-refractivity contribution in [3.8, 4) is 22.8 Å². The van der Waals surface area contributed by atoms with Gasteiger partial charge >= 0.3 is 6.18 Å². The summed E-state index contributed by atoms with van der Waals surface area (Å²) in [6.07, 6.45) is -3.45. The minimum Gasteiger partial charge on any atom is -0.493 e. The van der Waals surface area contributed by atoms with Crippen LogP contribution in [0.15, 0.2) is 29.4 Å². The van der Waals surface area contributed by atoms with Crippen molar-refractivity contribution in [2.75, 3.05) is 14.2 Å². The molecular formula is C20H21F3N4O4. The first-order valence-electron chi connectivity index (χ1n) is 9.69. The molecule has 0 saturated heterocycles. The molecule has 1 aromatic heterocycles. The largest absolute Gasteiger partial charge is 0.493 e. The molecule has 1 aliphatic heterocycles. The van der Waals surface area contributed by atoms with E-state index in [0.29, 0.717) is 42.0 Å². The van der Waals surface area contributed by atoms with Crippen molar-refractivity contribution in [1.29, 1.82) is 0 Å². The van der Waals surface area contributed by atoms with Gasteiger partial charge in [0.2, 0.25) is 0 Å². The molecule has 1 fully saturated rings. The number of aromatic amines is 1. The van der Waals surface area contributed by atoms with Crippen LogP contribution in [0, 0.1) is 5.92 Å². The van der Waals surface area contributed by atoms with Crippen LogP contribution in [0.3, 0.4) is 0 Å². The number of hydrazone groups is 1. The van der Waals surface area contributed by atoms with Gasteiger partial charge < -0.3 is 14.6 Å². The summed E-state index contributed by atoms with van der Waals surface area (Å²) in [5.41, 5.74) is -2.55. The zero-order chi connectivity index (χ0) is 22.4. The summed E-state index contributed by atoms with van der Waals surface area (Å²) in [5.74, 6) is -1.46. The Morgan fingerprint density at radius 2 is 1.97 bits per heavy atom. The molecule has 0 unspecified atom stereocenters.